The average Bonchev–Trinajstić information content (AvgIpc) is 2.54. The first kappa shape index (κ1) is 26.7. The molecule has 4 N–H and O–H groups in total. The molecule has 0 spiro atoms. The van der Waals surface area contributed by atoms with Crippen molar-refractivity contribution in [2.75, 3.05) is 32.8 Å². The zero-order valence-corrected chi connectivity index (χ0v) is 19.2. The molecule has 6 nitrogen and oxygen atoms in total. The van der Waals surface area contributed by atoms with Crippen LogP contribution in [0, 0.1) is 10.8 Å². The molecule has 0 aromatic carbocycles. The average molecular weight is 470 g/mol. The molecule has 0 heterocycles. The third-order valence-corrected chi connectivity index (χ3v) is 4.44. The van der Waals surface area contributed by atoms with Gasteiger partial charge in [0.15, 0.2) is 5.96 Å². The second-order valence-electron chi connectivity index (χ2n) is 7.31. The molecule has 0 aromatic rings. The first-order valence-electron chi connectivity index (χ1n) is 9.16. The molecule has 0 aromatic heterocycles. The highest BCUT2D eigenvalue weighted by Crippen LogP contribution is 2.30. The Morgan fingerprint density at radius 2 is 1.56 bits per heavy atom. The van der Waals surface area contributed by atoms with Crippen molar-refractivity contribution >= 4 is 35.8 Å². The van der Waals surface area contributed by atoms with E-state index in [-0.39, 0.29) is 47.3 Å². The van der Waals surface area contributed by atoms with Gasteiger partial charge in [-0.3, -0.25) is 9.79 Å². The number of aliphatic hydroxyl groups is 1. The second kappa shape index (κ2) is 13.6. The lowest BCUT2D eigenvalue weighted by Gasteiger charge is -2.29. The molecule has 0 aliphatic heterocycles. The summed E-state index contributed by atoms with van der Waals surface area (Å²) in [6, 6.07) is 0. The van der Waals surface area contributed by atoms with Crippen molar-refractivity contribution in [1.29, 1.82) is 0 Å². The number of carbonyl (C=O) groups is 1. The summed E-state index contributed by atoms with van der Waals surface area (Å²) < 4.78 is 0. The number of aliphatic imine (C=N–C) groups is 1. The molecule has 0 fully saturated rings. The second-order valence-corrected chi connectivity index (χ2v) is 7.31. The van der Waals surface area contributed by atoms with Crippen molar-refractivity contribution in [3.63, 3.8) is 0 Å². The van der Waals surface area contributed by atoms with Crippen LogP contribution in [-0.2, 0) is 4.79 Å². The number of carbonyl (C=O) groups excluding carboxylic acids is 1. The highest BCUT2D eigenvalue weighted by molar-refractivity contribution is 14.0. The van der Waals surface area contributed by atoms with Gasteiger partial charge >= 0.3 is 0 Å². The van der Waals surface area contributed by atoms with Gasteiger partial charge in [-0.05, 0) is 31.6 Å². The van der Waals surface area contributed by atoms with Gasteiger partial charge in [-0.25, -0.2) is 0 Å². The molecule has 7 heteroatoms. The molecule has 0 atom stereocenters. The Morgan fingerprint density at radius 3 is 2.00 bits per heavy atom. The molecule has 0 saturated carbocycles. The lowest BCUT2D eigenvalue weighted by Crippen LogP contribution is -2.44. The van der Waals surface area contributed by atoms with Crippen LogP contribution >= 0.6 is 24.0 Å². The largest absolute Gasteiger partial charge is 0.396 e. The molecule has 0 aliphatic rings. The minimum Gasteiger partial charge on any atom is -0.396 e. The predicted molar refractivity (Wildman–Crippen MR) is 117 cm³/mol. The van der Waals surface area contributed by atoms with Crippen LogP contribution in [0.4, 0.5) is 0 Å². The Bertz CT molecular complexity index is 391. The van der Waals surface area contributed by atoms with Gasteiger partial charge in [-0.2, -0.15) is 0 Å². The van der Waals surface area contributed by atoms with E-state index in [4.69, 9.17) is 0 Å². The van der Waals surface area contributed by atoms with Crippen molar-refractivity contribution in [3.8, 4) is 0 Å². The van der Waals surface area contributed by atoms with E-state index in [1.807, 2.05) is 27.7 Å². The summed E-state index contributed by atoms with van der Waals surface area (Å²) in [5, 5.41) is 18.7. The fourth-order valence-corrected chi connectivity index (χ4v) is 2.35. The van der Waals surface area contributed by atoms with Crippen molar-refractivity contribution in [2.24, 2.45) is 15.8 Å². The van der Waals surface area contributed by atoms with E-state index in [1.54, 1.807) is 0 Å². The highest BCUT2D eigenvalue weighted by Gasteiger charge is 2.25. The number of aliphatic hydroxyl groups excluding tert-OH is 1. The highest BCUT2D eigenvalue weighted by atomic mass is 127. The summed E-state index contributed by atoms with van der Waals surface area (Å²) >= 11 is 0. The Morgan fingerprint density at radius 1 is 1.00 bits per heavy atom. The van der Waals surface area contributed by atoms with Gasteiger partial charge < -0.3 is 21.1 Å². The van der Waals surface area contributed by atoms with E-state index in [1.165, 1.54) is 0 Å². The van der Waals surface area contributed by atoms with Gasteiger partial charge in [-0.1, -0.05) is 34.6 Å². The molecule has 0 unspecified atom stereocenters. The standard InChI is InChI=1S/C18H38N4O2.HI/c1-7-18(8-2,10-13-23)14-22-16(19-9-3)21-12-11-20-15(24)17(4,5)6;/h23H,7-14H2,1-6H3,(H,20,24)(H2,19,21,22);1H. The monoisotopic (exact) mass is 470 g/mol. The first-order valence-corrected chi connectivity index (χ1v) is 9.16. The molecule has 1 amide bonds. The van der Waals surface area contributed by atoms with Crippen molar-refractivity contribution in [1.82, 2.24) is 16.0 Å². The lowest BCUT2D eigenvalue weighted by molar-refractivity contribution is -0.128. The number of amides is 1. The summed E-state index contributed by atoms with van der Waals surface area (Å²) in [6.07, 6.45) is 2.76. The van der Waals surface area contributed by atoms with Crippen LogP contribution in [0.5, 0.6) is 0 Å². The van der Waals surface area contributed by atoms with Gasteiger partial charge in [0, 0.05) is 38.2 Å². The molecule has 0 aliphatic carbocycles. The van der Waals surface area contributed by atoms with Gasteiger partial charge in [0.25, 0.3) is 0 Å². The quantitative estimate of drug-likeness (QED) is 0.171. The van der Waals surface area contributed by atoms with Crippen LogP contribution in [0.15, 0.2) is 4.99 Å². The van der Waals surface area contributed by atoms with Crippen LogP contribution in [0.25, 0.3) is 0 Å². The molecular weight excluding hydrogens is 431 g/mol. The summed E-state index contributed by atoms with van der Waals surface area (Å²) in [4.78, 5) is 16.5. The zero-order chi connectivity index (χ0) is 18.6. The van der Waals surface area contributed by atoms with Crippen LogP contribution in [0.2, 0.25) is 0 Å². The molecule has 0 radical (unpaired) electrons. The van der Waals surface area contributed by atoms with Crippen LogP contribution in [-0.4, -0.2) is 49.8 Å². The lowest BCUT2D eigenvalue weighted by atomic mass is 9.79. The van der Waals surface area contributed by atoms with Crippen molar-refractivity contribution in [3.05, 3.63) is 0 Å². The number of rotatable bonds is 10. The third kappa shape index (κ3) is 10.9. The maximum Gasteiger partial charge on any atom is 0.225 e. The summed E-state index contributed by atoms with van der Waals surface area (Å²) in [7, 11) is 0. The smallest absolute Gasteiger partial charge is 0.225 e. The number of nitrogens with one attached hydrogen (secondary N) is 3. The van der Waals surface area contributed by atoms with E-state index < -0.39 is 0 Å². The fraction of sp³-hybridized carbons (Fsp3) is 0.889. The molecule has 0 bridgehead atoms. The van der Waals surface area contributed by atoms with Crippen LogP contribution in [0.1, 0.15) is 60.8 Å². The molecular formula is C18H39IN4O2. The third-order valence-electron chi connectivity index (χ3n) is 4.44. The Labute approximate surface area is 171 Å². The van der Waals surface area contributed by atoms with E-state index in [0.717, 1.165) is 31.8 Å². The number of guanidine groups is 1. The Kier molecular flexibility index (Phi) is 14.5. The van der Waals surface area contributed by atoms with E-state index in [9.17, 15) is 9.90 Å². The molecule has 0 saturated heterocycles. The van der Waals surface area contributed by atoms with Gasteiger partial charge in [-0.15, -0.1) is 24.0 Å². The van der Waals surface area contributed by atoms with Gasteiger partial charge in [0.1, 0.15) is 0 Å². The molecule has 25 heavy (non-hydrogen) atoms. The van der Waals surface area contributed by atoms with Crippen molar-refractivity contribution < 1.29 is 9.90 Å². The van der Waals surface area contributed by atoms with E-state index in [2.05, 4.69) is 34.8 Å². The zero-order valence-electron chi connectivity index (χ0n) is 16.9. The first-order chi connectivity index (χ1) is 11.2. The van der Waals surface area contributed by atoms with Gasteiger partial charge in [0.2, 0.25) is 5.91 Å². The summed E-state index contributed by atoms with van der Waals surface area (Å²) in [5.74, 6) is 0.803. The molecule has 150 valence electrons. The normalized spacial score (nSPS) is 12.4. The number of halogens is 1. The minimum absolute atomic E-state index is 0. The Balaban J connectivity index is 0. The number of hydrogen-bond donors (Lipinski definition) is 4. The fourth-order valence-electron chi connectivity index (χ4n) is 2.35. The van der Waals surface area contributed by atoms with E-state index >= 15 is 0 Å². The maximum absolute atomic E-state index is 11.8. The number of nitrogens with zero attached hydrogens (tertiary/aromatic N) is 1. The summed E-state index contributed by atoms with van der Waals surface area (Å²) in [6.45, 7) is 14.9. The van der Waals surface area contributed by atoms with E-state index in [0.29, 0.717) is 19.6 Å². The van der Waals surface area contributed by atoms with Crippen LogP contribution < -0.4 is 16.0 Å². The Hall–Kier alpha value is -0.570. The topological polar surface area (TPSA) is 85.8 Å². The minimum atomic E-state index is -0.370. The predicted octanol–water partition coefficient (Wildman–Crippen LogP) is 2.51. The maximum atomic E-state index is 11.8. The van der Waals surface area contributed by atoms with Gasteiger partial charge in [0.05, 0.1) is 0 Å². The van der Waals surface area contributed by atoms with Crippen LogP contribution in [0.3, 0.4) is 0 Å². The molecule has 0 rings (SSSR count). The van der Waals surface area contributed by atoms with Crippen molar-refractivity contribution in [2.45, 2.75) is 60.8 Å². The number of hydrogen-bond acceptors (Lipinski definition) is 3. The summed E-state index contributed by atoms with van der Waals surface area (Å²) in [5.41, 5.74) is -0.317. The SMILES string of the molecule is CCNC(=NCC(CC)(CC)CCO)NCCNC(=O)C(C)(C)C.I.